The number of Topliss-reactive ketones (excluding diaryl/α,β-unsaturated/α-hetero) is 2. The lowest BCUT2D eigenvalue weighted by molar-refractivity contribution is -0.144. The fourth-order valence-corrected chi connectivity index (χ4v) is 6.97. The Labute approximate surface area is 215 Å². The first-order valence-electron chi connectivity index (χ1n) is 13.0. The van der Waals surface area contributed by atoms with E-state index >= 15 is 0 Å². The van der Waals surface area contributed by atoms with E-state index < -0.39 is 52.0 Å². The number of hydrogen-bond donors (Lipinski definition) is 5. The van der Waals surface area contributed by atoms with Gasteiger partial charge < -0.3 is 31.1 Å². The maximum atomic E-state index is 13.9. The van der Waals surface area contributed by atoms with Crippen molar-refractivity contribution in [3.05, 3.63) is 45.4 Å². The zero-order chi connectivity index (χ0) is 26.8. The number of anilines is 1. The van der Waals surface area contributed by atoms with E-state index in [2.05, 4.69) is 0 Å². The molecule has 0 radical (unpaired) electrons. The predicted molar refractivity (Wildman–Crippen MR) is 135 cm³/mol. The number of fused-ring (bicyclic) bond motifs is 3. The molecule has 0 unspecified atom stereocenters. The van der Waals surface area contributed by atoms with Crippen LogP contribution in [0.5, 0.6) is 5.75 Å². The summed E-state index contributed by atoms with van der Waals surface area (Å²) in [5.74, 6) is -5.40. The van der Waals surface area contributed by atoms with Gasteiger partial charge in [-0.15, -0.1) is 0 Å². The van der Waals surface area contributed by atoms with Crippen molar-refractivity contribution in [1.82, 2.24) is 0 Å². The van der Waals surface area contributed by atoms with Gasteiger partial charge in [-0.1, -0.05) is 25.7 Å². The molecule has 9 nitrogen and oxygen atoms in total. The van der Waals surface area contributed by atoms with Crippen molar-refractivity contribution in [2.75, 3.05) is 19.0 Å². The lowest BCUT2D eigenvalue weighted by Gasteiger charge is -2.46. The van der Waals surface area contributed by atoms with Crippen LogP contribution < -0.4 is 10.6 Å². The van der Waals surface area contributed by atoms with Crippen LogP contribution >= 0.6 is 0 Å². The quantitative estimate of drug-likeness (QED) is 0.378. The highest BCUT2D eigenvalue weighted by Crippen LogP contribution is 2.52. The molecule has 0 spiro atoms. The summed E-state index contributed by atoms with van der Waals surface area (Å²) in [5, 5.41) is 44.2. The average Bonchev–Trinajstić information content (AvgIpc) is 3.34. The summed E-state index contributed by atoms with van der Waals surface area (Å²) in [6.07, 6.45) is 6.47. The summed E-state index contributed by atoms with van der Waals surface area (Å²) in [7, 11) is 3.74. The van der Waals surface area contributed by atoms with Gasteiger partial charge in [0.2, 0.25) is 5.78 Å². The molecule has 4 aliphatic carbocycles. The van der Waals surface area contributed by atoms with Gasteiger partial charge in [0.25, 0.3) is 5.91 Å². The number of primary amides is 1. The molecule has 1 fully saturated rings. The van der Waals surface area contributed by atoms with Gasteiger partial charge >= 0.3 is 0 Å². The van der Waals surface area contributed by atoms with Gasteiger partial charge in [0.1, 0.15) is 22.8 Å². The zero-order valence-corrected chi connectivity index (χ0v) is 21.2. The summed E-state index contributed by atoms with van der Waals surface area (Å²) in [5.41, 5.74) is 4.03. The van der Waals surface area contributed by atoms with Crippen molar-refractivity contribution in [1.29, 1.82) is 0 Å². The number of amides is 1. The number of allylic oxidation sites excluding steroid dienone is 2. The number of rotatable bonds is 5. The largest absolute Gasteiger partial charge is 0.511 e. The van der Waals surface area contributed by atoms with Crippen molar-refractivity contribution in [2.45, 2.75) is 63.4 Å². The lowest BCUT2D eigenvalue weighted by Crippen LogP contribution is -2.57. The number of phenols is 1. The van der Waals surface area contributed by atoms with Crippen LogP contribution in [-0.2, 0) is 22.4 Å². The number of hydrogen-bond acceptors (Lipinski definition) is 8. The first-order valence-corrected chi connectivity index (χ1v) is 13.0. The maximum absolute atomic E-state index is 13.9. The minimum Gasteiger partial charge on any atom is -0.511 e. The molecule has 0 heterocycles. The molecule has 1 saturated carbocycles. The number of nitrogens with two attached hydrogens (primary N) is 1. The first-order chi connectivity index (χ1) is 17.5. The summed E-state index contributed by atoms with van der Waals surface area (Å²) in [6, 6.07) is 1.93. The molecule has 1 aromatic carbocycles. The van der Waals surface area contributed by atoms with Crippen LogP contribution in [0.25, 0.3) is 0 Å². The highest BCUT2D eigenvalue weighted by Gasteiger charge is 2.59. The summed E-state index contributed by atoms with van der Waals surface area (Å²) in [4.78, 5) is 40.7. The predicted octanol–water partition coefficient (Wildman–Crippen LogP) is 2.77. The Morgan fingerprint density at radius 3 is 2.43 bits per heavy atom. The Bertz CT molecular complexity index is 1270. The van der Waals surface area contributed by atoms with Gasteiger partial charge in [-0.3, -0.25) is 14.4 Å². The van der Waals surface area contributed by atoms with E-state index in [9.17, 15) is 34.8 Å². The van der Waals surface area contributed by atoms with Gasteiger partial charge in [-0.05, 0) is 54.7 Å². The Kier molecular flexibility index (Phi) is 6.09. The van der Waals surface area contributed by atoms with E-state index in [1.165, 1.54) is 25.7 Å². The molecule has 6 N–H and O–H groups in total. The van der Waals surface area contributed by atoms with E-state index in [1.54, 1.807) is 0 Å². The molecule has 1 aromatic rings. The fourth-order valence-electron chi connectivity index (χ4n) is 6.97. The molecule has 0 saturated heterocycles. The van der Waals surface area contributed by atoms with E-state index in [1.807, 2.05) is 25.1 Å². The van der Waals surface area contributed by atoms with Gasteiger partial charge in [0.05, 0.1) is 5.56 Å². The number of ketones is 2. The number of benzene rings is 1. The van der Waals surface area contributed by atoms with Crippen LogP contribution in [0.3, 0.4) is 0 Å². The number of aromatic hydroxyl groups is 1. The van der Waals surface area contributed by atoms with Crippen molar-refractivity contribution >= 4 is 23.2 Å². The second kappa shape index (κ2) is 8.90. The van der Waals surface area contributed by atoms with E-state index in [-0.39, 0.29) is 29.7 Å². The molecule has 0 aromatic heterocycles. The molecule has 0 aliphatic heterocycles. The number of nitrogens with zero attached hydrogens (tertiary/aromatic N) is 1. The first kappa shape index (κ1) is 25.3. The highest BCUT2D eigenvalue weighted by atomic mass is 16.3. The average molecular weight is 511 g/mol. The fraction of sp³-hybridized carbons (Fsp3) is 0.536. The minimum absolute atomic E-state index is 0.0873. The molecule has 3 atom stereocenters. The zero-order valence-electron chi connectivity index (χ0n) is 21.2. The lowest BCUT2D eigenvalue weighted by atomic mass is 9.60. The Balaban J connectivity index is 1.61. The van der Waals surface area contributed by atoms with Crippen molar-refractivity contribution in [3.63, 3.8) is 0 Å². The van der Waals surface area contributed by atoms with Crippen LogP contribution in [0, 0.1) is 17.8 Å². The number of aryl methyl sites for hydroxylation is 1. The van der Waals surface area contributed by atoms with Crippen LogP contribution in [0.2, 0.25) is 0 Å². The standard InChI is InChI=1S/C28H34N2O7/c1-30(2)18-11-14(8-7-13-5-3-4-6-13)23(32)21-17(18)10-15-9-16-12-19(31)22(27(29)36)26(35)28(16,37)25(34)20(15)24(21)33/h11,13,15-16,31-32,34,37H,3-10,12H2,1-2H3,(H2,29,36)/t15-,16+,28+/m1/s1. The highest BCUT2D eigenvalue weighted by molar-refractivity contribution is 6.24. The van der Waals surface area contributed by atoms with Crippen LogP contribution in [-0.4, -0.2) is 57.6 Å². The van der Waals surface area contributed by atoms with E-state index in [4.69, 9.17) is 5.73 Å². The van der Waals surface area contributed by atoms with Crippen LogP contribution in [0.1, 0.15) is 66.4 Å². The number of aliphatic hydroxyl groups excluding tert-OH is 2. The molecule has 0 bridgehead atoms. The third-order valence-corrected chi connectivity index (χ3v) is 8.90. The molecular formula is C28H34N2O7. The third kappa shape index (κ3) is 3.74. The van der Waals surface area contributed by atoms with Gasteiger partial charge in [-0.2, -0.15) is 0 Å². The topological polar surface area (TPSA) is 161 Å². The molecular weight excluding hydrogens is 476 g/mol. The van der Waals surface area contributed by atoms with Crippen LogP contribution in [0.15, 0.2) is 28.7 Å². The van der Waals surface area contributed by atoms with Gasteiger partial charge in [-0.25, -0.2) is 0 Å². The molecule has 1 amide bonds. The molecule has 198 valence electrons. The summed E-state index contributed by atoms with van der Waals surface area (Å²) < 4.78 is 0. The Morgan fingerprint density at radius 2 is 1.81 bits per heavy atom. The second-order valence-electron chi connectivity index (χ2n) is 11.3. The minimum atomic E-state index is -2.55. The SMILES string of the molecule is CN(C)c1cc(CCC2CCCC2)c(O)c2c1C[C@H]1C[C@H]3CC(O)=C(C(N)=O)C(=O)[C@@]3(O)C(O)=C1C2=O. The number of carbonyl (C=O) groups excluding carboxylic acids is 3. The normalized spacial score (nSPS) is 27.8. The smallest absolute Gasteiger partial charge is 0.255 e. The van der Waals surface area contributed by atoms with Crippen molar-refractivity contribution in [2.24, 2.45) is 23.5 Å². The molecule has 5 rings (SSSR count). The number of phenolic OH excluding ortho intramolecular Hbond substituents is 1. The van der Waals surface area contributed by atoms with E-state index in [0.29, 0.717) is 29.9 Å². The summed E-state index contributed by atoms with van der Waals surface area (Å²) >= 11 is 0. The van der Waals surface area contributed by atoms with Gasteiger partial charge in [0.15, 0.2) is 11.4 Å². The maximum Gasteiger partial charge on any atom is 0.255 e. The molecule has 9 heteroatoms. The third-order valence-electron chi connectivity index (χ3n) is 8.90. The Hall–Kier alpha value is -3.33. The Morgan fingerprint density at radius 1 is 1.14 bits per heavy atom. The number of aliphatic hydroxyl groups is 3. The van der Waals surface area contributed by atoms with E-state index in [0.717, 1.165) is 12.1 Å². The molecule has 37 heavy (non-hydrogen) atoms. The summed E-state index contributed by atoms with van der Waals surface area (Å²) in [6.45, 7) is 0. The van der Waals surface area contributed by atoms with Crippen molar-refractivity contribution in [3.8, 4) is 5.75 Å². The van der Waals surface area contributed by atoms with Crippen molar-refractivity contribution < 1.29 is 34.8 Å². The van der Waals surface area contributed by atoms with Gasteiger partial charge in [0, 0.05) is 37.7 Å². The van der Waals surface area contributed by atoms with Crippen LogP contribution in [0.4, 0.5) is 5.69 Å². The number of carbonyl (C=O) groups is 3. The monoisotopic (exact) mass is 510 g/mol. The molecule has 4 aliphatic rings. The second-order valence-corrected chi connectivity index (χ2v) is 11.3.